The van der Waals surface area contributed by atoms with E-state index in [1.807, 2.05) is 0 Å². The fraction of sp³-hybridized carbons (Fsp3) is 1.00. The summed E-state index contributed by atoms with van der Waals surface area (Å²) in [6, 6.07) is 0. The average molecular weight is 1040 g/mol. The van der Waals surface area contributed by atoms with E-state index in [0.29, 0.717) is 27.1 Å². The van der Waals surface area contributed by atoms with Gasteiger partial charge in [-0.25, -0.2) is 0 Å². The van der Waals surface area contributed by atoms with Crippen LogP contribution in [0.4, 0.5) is 0 Å². The van der Waals surface area contributed by atoms with Crippen molar-refractivity contribution < 1.29 is 0 Å². The molecule has 0 heteroatoms. The summed E-state index contributed by atoms with van der Waals surface area (Å²) >= 11 is 0. The molecule has 0 saturated heterocycles. The second-order valence-corrected chi connectivity index (χ2v) is 34.5. The van der Waals surface area contributed by atoms with Gasteiger partial charge < -0.3 is 0 Å². The predicted molar refractivity (Wildman–Crippen MR) is 336 cm³/mol. The van der Waals surface area contributed by atoms with Crippen LogP contribution >= 0.6 is 0 Å². The van der Waals surface area contributed by atoms with E-state index in [0.717, 1.165) is 107 Å². The van der Waals surface area contributed by atoms with Crippen LogP contribution in [0.1, 0.15) is 344 Å². The molecule has 12 fully saturated rings. The van der Waals surface area contributed by atoms with Crippen molar-refractivity contribution in [3.63, 3.8) is 0 Å². The number of rotatable bonds is 1. The topological polar surface area (TPSA) is 0 Å². The monoisotopic (exact) mass is 1040 g/mol. The quantitative estimate of drug-likeness (QED) is 0.246. The van der Waals surface area contributed by atoms with Crippen molar-refractivity contribution >= 4 is 0 Å². The Labute approximate surface area is 475 Å². The summed E-state index contributed by atoms with van der Waals surface area (Å²) < 4.78 is 0. The Bertz CT molecular complexity index is 1550. The summed E-state index contributed by atoms with van der Waals surface area (Å²) in [5.41, 5.74) is 3.25. The van der Waals surface area contributed by atoms with Gasteiger partial charge in [-0.3, -0.25) is 0 Å². The van der Waals surface area contributed by atoms with Crippen molar-refractivity contribution in [2.75, 3.05) is 0 Å². The van der Waals surface area contributed by atoms with E-state index in [2.05, 4.69) is 138 Å². The van der Waals surface area contributed by atoms with Crippen molar-refractivity contribution in [1.82, 2.24) is 0 Å². The first-order chi connectivity index (χ1) is 35.1. The molecular formula is C75H142. The average Bonchev–Trinajstić information content (AvgIpc) is 4.22. The minimum atomic E-state index is 0.622. The smallest absolute Gasteiger partial charge is 0.0246 e. The van der Waals surface area contributed by atoms with Gasteiger partial charge in [0.15, 0.2) is 0 Å². The lowest BCUT2D eigenvalue weighted by Crippen LogP contribution is -2.32. The summed E-state index contributed by atoms with van der Waals surface area (Å²) in [6.45, 7) is 48.5. The summed E-state index contributed by atoms with van der Waals surface area (Å²) in [5.74, 6) is 18.5. The zero-order valence-electron chi connectivity index (χ0n) is 55.5. The van der Waals surface area contributed by atoms with E-state index >= 15 is 0 Å². The van der Waals surface area contributed by atoms with Crippen LogP contribution in [0, 0.1) is 134 Å². The van der Waals surface area contributed by atoms with Crippen molar-refractivity contribution in [3.05, 3.63) is 0 Å². The van der Waals surface area contributed by atoms with E-state index in [4.69, 9.17) is 0 Å². The van der Waals surface area contributed by atoms with Crippen LogP contribution in [0.25, 0.3) is 0 Å². The van der Waals surface area contributed by atoms with Crippen LogP contribution < -0.4 is 0 Å². The molecule has 11 unspecified atom stereocenters. The van der Waals surface area contributed by atoms with Crippen LogP contribution in [-0.2, 0) is 0 Å². The number of fused-ring (bicyclic) bond motifs is 7. The van der Waals surface area contributed by atoms with E-state index in [-0.39, 0.29) is 0 Å². The highest BCUT2D eigenvalue weighted by molar-refractivity contribution is 5.09. The molecule has 0 aromatic heterocycles. The molecule has 6 bridgehead atoms. The Morgan fingerprint density at radius 3 is 1.23 bits per heavy atom. The molecule has 0 nitrogen and oxygen atoms in total. The van der Waals surface area contributed by atoms with E-state index in [1.165, 1.54) is 154 Å². The molecule has 442 valence electrons. The van der Waals surface area contributed by atoms with Crippen LogP contribution in [0.3, 0.4) is 0 Å². The minimum absolute atomic E-state index is 0.622. The van der Waals surface area contributed by atoms with E-state index < -0.39 is 0 Å². The molecule has 12 rings (SSSR count). The van der Waals surface area contributed by atoms with Gasteiger partial charge in [-0.05, 0) is 236 Å². The number of hydrogen-bond donors (Lipinski definition) is 0. The largest absolute Gasteiger partial charge is 0.0625 e. The summed E-state index contributed by atoms with van der Waals surface area (Å²) in [7, 11) is 0. The lowest BCUT2D eigenvalue weighted by atomic mass is 9.65. The van der Waals surface area contributed by atoms with Crippen molar-refractivity contribution in [2.24, 2.45) is 134 Å². The molecule has 0 N–H and O–H groups in total. The van der Waals surface area contributed by atoms with Crippen molar-refractivity contribution in [2.45, 2.75) is 344 Å². The maximum absolute atomic E-state index is 2.50. The standard InChI is InChI=1S/3C11H20.C11H22.C10H20.C8H14.C7H14.C6H12/c1-8-10(2,3)9-5-6-11(8,4)7-9;1-8-7-9-5-6-11(8,4)10(9,2)3;1-9-6-7-10-4-2-3-5-11(10)8-9;1-8(2)11-6-5-9(3)7-10(11)4;1-8-5-9(2)7-10(3,4)6-8;1-6-4-7-2-3-8(6)5-7;1-7-5-3-2-4-6-7;1-6-4-2-3-5-6/h2*8-9H,5-7H2,1-4H3;9-11H,2-8H2,1H3;8-11H,5-7H2,1-4H3;8-9H,5-7H2,1-4H3;6-8H,2-5H2,1H3;7H,2-6H2,1H3;6H,2-5H2,1H3/t2*8-,9?,11?;9-,10?,11?;9?,10-,11?;8-,9?;6-,7?,8?;;/m111100../s1. The second-order valence-electron chi connectivity index (χ2n) is 34.5. The van der Waals surface area contributed by atoms with Gasteiger partial charge >= 0.3 is 0 Å². The lowest BCUT2D eigenvalue weighted by Gasteiger charge is -2.40. The Morgan fingerprint density at radius 2 is 0.880 bits per heavy atom. The van der Waals surface area contributed by atoms with Crippen LogP contribution in [0.2, 0.25) is 0 Å². The molecule has 0 aromatic rings. The highest BCUT2D eigenvalue weighted by Crippen LogP contribution is 2.68. The van der Waals surface area contributed by atoms with E-state index in [9.17, 15) is 0 Å². The van der Waals surface area contributed by atoms with Gasteiger partial charge in [0.2, 0.25) is 0 Å². The zero-order valence-corrected chi connectivity index (χ0v) is 55.5. The lowest BCUT2D eigenvalue weighted by molar-refractivity contribution is 0.0903. The van der Waals surface area contributed by atoms with Gasteiger partial charge in [0.1, 0.15) is 0 Å². The molecule has 0 spiro atoms. The summed E-state index contributed by atoms with van der Waals surface area (Å²) in [6.07, 6.45) is 48.0. The fourth-order valence-corrected chi connectivity index (χ4v) is 20.8. The van der Waals surface area contributed by atoms with Crippen LogP contribution in [0.15, 0.2) is 0 Å². The van der Waals surface area contributed by atoms with Gasteiger partial charge in [0.05, 0.1) is 0 Å². The summed E-state index contributed by atoms with van der Waals surface area (Å²) in [4.78, 5) is 0. The molecular weight excluding hydrogens is 901 g/mol. The van der Waals surface area contributed by atoms with Crippen molar-refractivity contribution in [1.29, 1.82) is 0 Å². The molecule has 0 aromatic carbocycles. The molecule has 0 amide bonds. The Balaban J connectivity index is 0.000000160. The van der Waals surface area contributed by atoms with Crippen LogP contribution in [-0.4, -0.2) is 0 Å². The third-order valence-corrected chi connectivity index (χ3v) is 26.6. The maximum atomic E-state index is 2.50. The molecule has 75 heavy (non-hydrogen) atoms. The molecule has 12 saturated carbocycles. The number of hydrogen-bond acceptors (Lipinski definition) is 0. The minimum Gasteiger partial charge on any atom is -0.0625 e. The molecule has 0 aliphatic heterocycles. The second kappa shape index (κ2) is 29.3. The maximum Gasteiger partial charge on any atom is -0.0246 e. The highest BCUT2D eigenvalue weighted by atomic mass is 14.6. The molecule has 12 aliphatic carbocycles. The first-order valence-electron chi connectivity index (χ1n) is 35.1. The van der Waals surface area contributed by atoms with Crippen molar-refractivity contribution in [3.8, 4) is 0 Å². The third kappa shape index (κ3) is 18.8. The first kappa shape index (κ1) is 65.8. The van der Waals surface area contributed by atoms with Gasteiger partial charge in [-0.1, -0.05) is 241 Å². The summed E-state index contributed by atoms with van der Waals surface area (Å²) in [5, 5.41) is 0. The molecule has 0 radical (unpaired) electrons. The van der Waals surface area contributed by atoms with Gasteiger partial charge in [-0.15, -0.1) is 0 Å². The van der Waals surface area contributed by atoms with Gasteiger partial charge in [0, 0.05) is 0 Å². The highest BCUT2D eigenvalue weighted by Gasteiger charge is 2.59. The Hall–Kier alpha value is 0. The predicted octanol–water partition coefficient (Wildman–Crippen LogP) is 25.0. The molecule has 12 aliphatic rings. The van der Waals surface area contributed by atoms with E-state index in [1.54, 1.807) is 51.4 Å². The molecule has 17 atom stereocenters. The normalized spacial score (nSPS) is 43.4. The Morgan fingerprint density at radius 1 is 0.360 bits per heavy atom. The van der Waals surface area contributed by atoms with Gasteiger partial charge in [-0.2, -0.15) is 0 Å². The van der Waals surface area contributed by atoms with Crippen LogP contribution in [0.5, 0.6) is 0 Å². The SMILES string of the molecule is CC1CCC(C(C)C)[C@H](C)C1.CC1CCCC1.CC1CCCCC1.CC1C[C@H](C)CC(C)(C)C1.C[C@@H]1CC2CCC1(C)C2(C)C.C[C@@H]1CCC2CCCCC2C1.C[C@H]1C2(C)CCC(C2)C1(C)C.C[C@H]1CC2CCC1C2. The Kier molecular flexibility index (Phi) is 25.7. The molecule has 0 heterocycles. The first-order valence-corrected chi connectivity index (χ1v) is 35.1. The zero-order chi connectivity index (χ0) is 55.5. The third-order valence-electron chi connectivity index (χ3n) is 26.6. The van der Waals surface area contributed by atoms with Gasteiger partial charge in [0.25, 0.3) is 0 Å². The fourth-order valence-electron chi connectivity index (χ4n) is 20.8.